The average molecular weight is 296 g/mol. The van der Waals surface area contributed by atoms with Gasteiger partial charge >= 0.3 is 0 Å². The Bertz CT molecular complexity index is 494. The van der Waals surface area contributed by atoms with Crippen molar-refractivity contribution in [2.75, 3.05) is 25.0 Å². The molecule has 0 spiro atoms. The van der Waals surface area contributed by atoms with Gasteiger partial charge in [0.1, 0.15) is 0 Å². The largest absolute Gasteiger partial charge is 0.368 e. The third-order valence-electron chi connectivity index (χ3n) is 2.69. The van der Waals surface area contributed by atoms with Crippen molar-refractivity contribution in [3.05, 3.63) is 23.6 Å². The van der Waals surface area contributed by atoms with Crippen molar-refractivity contribution >= 4 is 17.6 Å². The number of hydrogen-bond acceptors (Lipinski definition) is 4. The van der Waals surface area contributed by atoms with Crippen molar-refractivity contribution in [2.24, 2.45) is 0 Å². The molecule has 116 valence electrons. The van der Waals surface area contributed by atoms with E-state index in [0.29, 0.717) is 13.1 Å². The van der Waals surface area contributed by atoms with Crippen LogP contribution in [0.2, 0.25) is 0 Å². The van der Waals surface area contributed by atoms with Crippen LogP contribution >= 0.6 is 0 Å². The highest BCUT2D eigenvalue weighted by molar-refractivity contribution is 5.95. The van der Waals surface area contributed by atoms with E-state index in [4.69, 9.17) is 0 Å². The summed E-state index contributed by atoms with van der Waals surface area (Å²) in [5.41, 5.74) is -0.0880. The minimum atomic E-state index is -0.688. The maximum absolute atomic E-state index is 14.0. The number of nitrogens with one attached hydrogen (secondary N) is 3. The zero-order chi connectivity index (χ0) is 15.7. The number of nitrogens with zero attached hydrogens (tertiary/aromatic N) is 1. The third kappa shape index (κ3) is 5.37. The van der Waals surface area contributed by atoms with Gasteiger partial charge in [0.2, 0.25) is 5.91 Å². The molecule has 0 radical (unpaired) electrons. The number of halogens is 1. The lowest BCUT2D eigenvalue weighted by molar-refractivity contribution is -0.120. The van der Waals surface area contributed by atoms with Crippen LogP contribution in [0.5, 0.6) is 0 Å². The van der Waals surface area contributed by atoms with Crippen LogP contribution in [0.4, 0.5) is 10.2 Å². The van der Waals surface area contributed by atoms with Crippen LogP contribution in [-0.2, 0) is 4.79 Å². The Morgan fingerprint density at radius 2 is 2.00 bits per heavy atom. The van der Waals surface area contributed by atoms with Crippen molar-refractivity contribution in [3.63, 3.8) is 0 Å². The number of pyridine rings is 1. The molecule has 0 atom stereocenters. The Kier molecular flexibility index (Phi) is 7.14. The second-order valence-electron chi connectivity index (χ2n) is 4.41. The molecule has 1 rings (SSSR count). The highest BCUT2D eigenvalue weighted by Crippen LogP contribution is 2.14. The van der Waals surface area contributed by atoms with E-state index >= 15 is 0 Å². The molecule has 1 aromatic rings. The Labute approximate surface area is 123 Å². The van der Waals surface area contributed by atoms with Gasteiger partial charge in [0.05, 0.1) is 5.56 Å². The molecule has 6 nitrogen and oxygen atoms in total. The summed E-state index contributed by atoms with van der Waals surface area (Å²) in [6, 6.07) is 1.31. The van der Waals surface area contributed by atoms with Crippen LogP contribution in [0.25, 0.3) is 0 Å². The Balaban J connectivity index is 2.52. The number of hydrogen-bond donors (Lipinski definition) is 3. The van der Waals surface area contributed by atoms with Gasteiger partial charge in [0, 0.05) is 32.3 Å². The molecule has 21 heavy (non-hydrogen) atoms. The van der Waals surface area contributed by atoms with Gasteiger partial charge in [0.15, 0.2) is 11.6 Å². The van der Waals surface area contributed by atoms with Crippen molar-refractivity contribution in [2.45, 2.75) is 26.7 Å². The first kappa shape index (κ1) is 16.9. The van der Waals surface area contributed by atoms with E-state index in [1.807, 2.05) is 13.8 Å². The molecule has 1 aromatic heterocycles. The summed E-state index contributed by atoms with van der Waals surface area (Å²) in [6.45, 7) is 5.04. The van der Waals surface area contributed by atoms with Crippen LogP contribution in [0, 0.1) is 5.82 Å². The van der Waals surface area contributed by atoms with E-state index in [9.17, 15) is 14.0 Å². The van der Waals surface area contributed by atoms with Gasteiger partial charge < -0.3 is 16.0 Å². The number of anilines is 1. The summed E-state index contributed by atoms with van der Waals surface area (Å²) < 4.78 is 14.0. The van der Waals surface area contributed by atoms with E-state index in [-0.39, 0.29) is 30.3 Å². The van der Waals surface area contributed by atoms with Gasteiger partial charge in [-0.25, -0.2) is 9.37 Å². The molecule has 0 saturated heterocycles. The highest BCUT2D eigenvalue weighted by atomic mass is 19.1. The zero-order valence-electron chi connectivity index (χ0n) is 12.3. The fourth-order valence-electron chi connectivity index (χ4n) is 1.65. The predicted octanol–water partition coefficient (Wildman–Crippen LogP) is 1.30. The molecule has 1 heterocycles. The van der Waals surface area contributed by atoms with Crippen LogP contribution in [0.15, 0.2) is 12.3 Å². The molecule has 0 unspecified atom stereocenters. The molecule has 0 bridgehead atoms. The molecule has 7 heteroatoms. The van der Waals surface area contributed by atoms with Gasteiger partial charge in [-0.2, -0.15) is 0 Å². The van der Waals surface area contributed by atoms with Gasteiger partial charge in [-0.15, -0.1) is 0 Å². The maximum atomic E-state index is 14.0. The molecule has 3 N–H and O–H groups in total. The monoisotopic (exact) mass is 296 g/mol. The van der Waals surface area contributed by atoms with Crippen LogP contribution in [-0.4, -0.2) is 36.4 Å². The summed E-state index contributed by atoms with van der Waals surface area (Å²) in [5.74, 6) is -1.34. The van der Waals surface area contributed by atoms with E-state index < -0.39 is 11.7 Å². The number of carbonyl (C=O) groups excluding carboxylic acids is 2. The highest BCUT2D eigenvalue weighted by Gasteiger charge is 2.15. The van der Waals surface area contributed by atoms with Crippen molar-refractivity contribution in [1.29, 1.82) is 0 Å². The second kappa shape index (κ2) is 8.89. The summed E-state index contributed by atoms with van der Waals surface area (Å²) in [6.07, 6.45) is 2.38. The molecule has 0 aliphatic carbocycles. The fourth-order valence-corrected chi connectivity index (χ4v) is 1.65. The number of rotatable bonds is 8. The normalized spacial score (nSPS) is 10.0. The smallest absolute Gasteiger partial charge is 0.254 e. The molecular formula is C14H21FN4O2. The Hall–Kier alpha value is -2.18. The van der Waals surface area contributed by atoms with E-state index in [0.717, 1.165) is 6.42 Å². The maximum Gasteiger partial charge on any atom is 0.254 e. The minimum absolute atomic E-state index is 0.0471. The minimum Gasteiger partial charge on any atom is -0.368 e. The second-order valence-corrected chi connectivity index (χ2v) is 4.41. The summed E-state index contributed by atoms with van der Waals surface area (Å²) >= 11 is 0. The summed E-state index contributed by atoms with van der Waals surface area (Å²) in [7, 11) is 0. The Morgan fingerprint density at radius 3 is 2.67 bits per heavy atom. The van der Waals surface area contributed by atoms with Crippen LogP contribution in [0.3, 0.4) is 0 Å². The quantitative estimate of drug-likeness (QED) is 0.675. The standard InChI is InChI=1S/C14H21FN4O2/c1-3-7-17-11(20)6-9-19-14(21)10-5-8-18-13(12(10)15)16-4-2/h5,8H,3-4,6-7,9H2,1-2H3,(H,16,18)(H,17,20)(H,19,21). The molecule has 0 aliphatic heterocycles. The van der Waals surface area contributed by atoms with Crippen molar-refractivity contribution in [3.8, 4) is 0 Å². The summed E-state index contributed by atoms with van der Waals surface area (Å²) in [4.78, 5) is 27.1. The molecule has 0 fully saturated rings. The molecule has 0 aromatic carbocycles. The van der Waals surface area contributed by atoms with E-state index in [1.54, 1.807) is 0 Å². The lowest BCUT2D eigenvalue weighted by Gasteiger charge is -2.09. The molecule has 0 aliphatic rings. The molecular weight excluding hydrogens is 275 g/mol. The van der Waals surface area contributed by atoms with Crippen molar-refractivity contribution < 1.29 is 14.0 Å². The predicted molar refractivity (Wildman–Crippen MR) is 78.6 cm³/mol. The van der Waals surface area contributed by atoms with Gasteiger partial charge in [-0.05, 0) is 19.4 Å². The van der Waals surface area contributed by atoms with Crippen LogP contribution < -0.4 is 16.0 Å². The molecule has 2 amide bonds. The zero-order valence-corrected chi connectivity index (χ0v) is 12.3. The van der Waals surface area contributed by atoms with Gasteiger partial charge in [-0.1, -0.05) is 6.92 Å². The van der Waals surface area contributed by atoms with Crippen molar-refractivity contribution in [1.82, 2.24) is 15.6 Å². The van der Waals surface area contributed by atoms with Gasteiger partial charge in [-0.3, -0.25) is 9.59 Å². The Morgan fingerprint density at radius 1 is 1.24 bits per heavy atom. The van der Waals surface area contributed by atoms with Crippen LogP contribution in [0.1, 0.15) is 37.0 Å². The van der Waals surface area contributed by atoms with Gasteiger partial charge in [0.25, 0.3) is 5.91 Å². The first-order valence-corrected chi connectivity index (χ1v) is 7.03. The topological polar surface area (TPSA) is 83.1 Å². The van der Waals surface area contributed by atoms with E-state index in [1.165, 1.54) is 12.3 Å². The first-order chi connectivity index (χ1) is 10.1. The number of amides is 2. The SMILES string of the molecule is CCCNC(=O)CCNC(=O)c1ccnc(NCC)c1F. The third-order valence-corrected chi connectivity index (χ3v) is 2.69. The first-order valence-electron chi connectivity index (χ1n) is 7.03. The number of carbonyl (C=O) groups is 2. The lowest BCUT2D eigenvalue weighted by Crippen LogP contribution is -2.31. The average Bonchev–Trinajstić information content (AvgIpc) is 2.47. The fraction of sp³-hybridized carbons (Fsp3) is 0.500. The lowest BCUT2D eigenvalue weighted by atomic mass is 10.2. The summed E-state index contributed by atoms with van der Waals surface area (Å²) in [5, 5.41) is 7.96. The number of aromatic nitrogens is 1. The molecule has 0 saturated carbocycles. The van der Waals surface area contributed by atoms with E-state index in [2.05, 4.69) is 20.9 Å².